The lowest BCUT2D eigenvalue weighted by molar-refractivity contribution is 0.175. The summed E-state index contributed by atoms with van der Waals surface area (Å²) in [6, 6.07) is 15.9. The molecule has 2 nitrogen and oxygen atoms in total. The number of hydrogen-bond donors (Lipinski definition) is 2. The molecule has 1 atom stereocenters. The van der Waals surface area contributed by atoms with Crippen LogP contribution in [0.5, 0.6) is 0 Å². The normalized spacial score (nSPS) is 12.3. The Hall–Kier alpha value is -1.35. The quantitative estimate of drug-likeness (QED) is 0.798. The SMILES string of the molecule is Cc1cccc(CCNCC(O)c2ccccc2Cl)c1. The summed E-state index contributed by atoms with van der Waals surface area (Å²) in [7, 11) is 0. The van der Waals surface area contributed by atoms with Crippen molar-refractivity contribution in [2.75, 3.05) is 13.1 Å². The summed E-state index contributed by atoms with van der Waals surface area (Å²) < 4.78 is 0. The van der Waals surface area contributed by atoms with Crippen LogP contribution in [-0.2, 0) is 6.42 Å². The molecule has 2 rings (SSSR count). The van der Waals surface area contributed by atoms with E-state index in [1.54, 1.807) is 6.07 Å². The maximum atomic E-state index is 10.1. The maximum absolute atomic E-state index is 10.1. The van der Waals surface area contributed by atoms with Crippen molar-refractivity contribution in [1.82, 2.24) is 5.32 Å². The van der Waals surface area contributed by atoms with Gasteiger partial charge in [-0.05, 0) is 31.5 Å². The van der Waals surface area contributed by atoms with Crippen molar-refractivity contribution in [2.24, 2.45) is 0 Å². The zero-order valence-corrected chi connectivity index (χ0v) is 12.4. The number of nitrogens with one attached hydrogen (secondary N) is 1. The Bertz CT molecular complexity index is 556. The van der Waals surface area contributed by atoms with Gasteiger partial charge in [-0.15, -0.1) is 0 Å². The molecule has 2 N–H and O–H groups in total. The van der Waals surface area contributed by atoms with Crippen LogP contribution in [-0.4, -0.2) is 18.2 Å². The molecular formula is C17H20ClNO. The van der Waals surface area contributed by atoms with Crippen LogP contribution < -0.4 is 5.32 Å². The van der Waals surface area contributed by atoms with E-state index in [9.17, 15) is 5.11 Å². The van der Waals surface area contributed by atoms with Crippen LogP contribution in [0, 0.1) is 6.92 Å². The van der Waals surface area contributed by atoms with Crippen molar-refractivity contribution in [3.63, 3.8) is 0 Å². The van der Waals surface area contributed by atoms with Gasteiger partial charge >= 0.3 is 0 Å². The summed E-state index contributed by atoms with van der Waals surface area (Å²) in [5.74, 6) is 0. The van der Waals surface area contributed by atoms with E-state index < -0.39 is 6.10 Å². The van der Waals surface area contributed by atoms with E-state index in [4.69, 9.17) is 11.6 Å². The number of halogens is 1. The van der Waals surface area contributed by atoms with Gasteiger partial charge in [-0.3, -0.25) is 0 Å². The Balaban J connectivity index is 1.77. The average molecular weight is 290 g/mol. The third-order valence-corrected chi connectivity index (χ3v) is 3.62. The van der Waals surface area contributed by atoms with E-state index >= 15 is 0 Å². The number of rotatable bonds is 6. The Morgan fingerprint density at radius 2 is 1.95 bits per heavy atom. The smallest absolute Gasteiger partial charge is 0.0928 e. The van der Waals surface area contributed by atoms with E-state index in [0.29, 0.717) is 11.6 Å². The van der Waals surface area contributed by atoms with Gasteiger partial charge in [-0.25, -0.2) is 0 Å². The molecule has 0 aliphatic heterocycles. The first-order valence-electron chi connectivity index (χ1n) is 6.85. The number of aryl methyl sites for hydroxylation is 1. The highest BCUT2D eigenvalue weighted by atomic mass is 35.5. The second-order valence-corrected chi connectivity index (χ2v) is 5.39. The van der Waals surface area contributed by atoms with Gasteiger partial charge < -0.3 is 10.4 Å². The minimum absolute atomic E-state index is 0.509. The zero-order chi connectivity index (χ0) is 14.4. The molecule has 2 aromatic rings. The molecule has 0 saturated carbocycles. The molecule has 2 aromatic carbocycles. The second-order valence-electron chi connectivity index (χ2n) is 4.98. The number of aliphatic hydroxyl groups excluding tert-OH is 1. The monoisotopic (exact) mass is 289 g/mol. The fourth-order valence-electron chi connectivity index (χ4n) is 2.19. The van der Waals surface area contributed by atoms with E-state index in [2.05, 4.69) is 36.5 Å². The van der Waals surface area contributed by atoms with Crippen molar-refractivity contribution in [3.05, 3.63) is 70.2 Å². The Labute approximate surface area is 125 Å². The molecule has 0 saturated heterocycles. The highest BCUT2D eigenvalue weighted by Gasteiger charge is 2.09. The largest absolute Gasteiger partial charge is 0.387 e. The summed E-state index contributed by atoms with van der Waals surface area (Å²) in [6.07, 6.45) is 0.387. The van der Waals surface area contributed by atoms with Crippen molar-refractivity contribution in [2.45, 2.75) is 19.4 Å². The first kappa shape index (κ1) is 15.0. The van der Waals surface area contributed by atoms with Crippen LogP contribution in [0.1, 0.15) is 22.8 Å². The van der Waals surface area contributed by atoms with Crippen LogP contribution in [0.3, 0.4) is 0 Å². The van der Waals surface area contributed by atoms with Crippen molar-refractivity contribution < 1.29 is 5.11 Å². The van der Waals surface area contributed by atoms with Crippen molar-refractivity contribution >= 4 is 11.6 Å². The zero-order valence-electron chi connectivity index (χ0n) is 11.6. The molecule has 0 aliphatic rings. The topological polar surface area (TPSA) is 32.3 Å². The molecule has 20 heavy (non-hydrogen) atoms. The van der Waals surface area contributed by atoms with E-state index in [-0.39, 0.29) is 0 Å². The predicted molar refractivity (Wildman–Crippen MR) is 84.2 cm³/mol. The van der Waals surface area contributed by atoms with E-state index in [1.165, 1.54) is 11.1 Å². The molecule has 0 amide bonds. The predicted octanol–water partition coefficient (Wildman–Crippen LogP) is 3.51. The average Bonchev–Trinajstić information content (AvgIpc) is 2.44. The van der Waals surface area contributed by atoms with Gasteiger partial charge in [0, 0.05) is 17.1 Å². The molecule has 3 heteroatoms. The Morgan fingerprint density at radius 1 is 1.15 bits per heavy atom. The number of benzene rings is 2. The summed E-state index contributed by atoms with van der Waals surface area (Å²) in [5.41, 5.74) is 3.36. The molecule has 0 aliphatic carbocycles. The summed E-state index contributed by atoms with van der Waals surface area (Å²) in [6.45, 7) is 3.44. The van der Waals surface area contributed by atoms with E-state index in [0.717, 1.165) is 18.5 Å². The lowest BCUT2D eigenvalue weighted by Crippen LogP contribution is -2.23. The van der Waals surface area contributed by atoms with Crippen molar-refractivity contribution in [3.8, 4) is 0 Å². The Morgan fingerprint density at radius 3 is 2.70 bits per heavy atom. The fourth-order valence-corrected chi connectivity index (χ4v) is 2.46. The maximum Gasteiger partial charge on any atom is 0.0928 e. The molecular weight excluding hydrogens is 270 g/mol. The second kappa shape index (κ2) is 7.44. The van der Waals surface area contributed by atoms with Gasteiger partial charge in [0.2, 0.25) is 0 Å². The third kappa shape index (κ3) is 4.34. The van der Waals surface area contributed by atoms with Gasteiger partial charge in [-0.2, -0.15) is 0 Å². The first-order valence-corrected chi connectivity index (χ1v) is 7.23. The molecule has 0 fully saturated rings. The van der Waals surface area contributed by atoms with Crippen LogP contribution in [0.2, 0.25) is 5.02 Å². The minimum Gasteiger partial charge on any atom is -0.387 e. The highest BCUT2D eigenvalue weighted by Crippen LogP contribution is 2.21. The first-order chi connectivity index (χ1) is 9.66. The standard InChI is InChI=1S/C17H20ClNO/c1-13-5-4-6-14(11-13)9-10-19-12-17(20)15-7-2-3-8-16(15)18/h2-8,11,17,19-20H,9-10,12H2,1H3. The highest BCUT2D eigenvalue weighted by molar-refractivity contribution is 6.31. The molecule has 0 spiro atoms. The Kier molecular flexibility index (Phi) is 5.60. The lowest BCUT2D eigenvalue weighted by Gasteiger charge is -2.13. The lowest BCUT2D eigenvalue weighted by atomic mass is 10.1. The third-order valence-electron chi connectivity index (χ3n) is 3.27. The summed E-state index contributed by atoms with van der Waals surface area (Å²) in [4.78, 5) is 0. The molecule has 1 unspecified atom stereocenters. The molecule has 0 bridgehead atoms. The van der Waals surface area contributed by atoms with Crippen LogP contribution in [0.25, 0.3) is 0 Å². The van der Waals surface area contributed by atoms with Crippen molar-refractivity contribution in [1.29, 1.82) is 0 Å². The van der Waals surface area contributed by atoms with Gasteiger partial charge in [0.25, 0.3) is 0 Å². The van der Waals surface area contributed by atoms with Gasteiger partial charge in [-0.1, -0.05) is 59.6 Å². The van der Waals surface area contributed by atoms with Gasteiger partial charge in [0.1, 0.15) is 0 Å². The van der Waals surface area contributed by atoms with Gasteiger partial charge in [0.15, 0.2) is 0 Å². The summed E-state index contributed by atoms with van der Waals surface area (Å²) in [5, 5.41) is 14.0. The molecule has 0 heterocycles. The minimum atomic E-state index is -0.568. The molecule has 0 radical (unpaired) electrons. The number of aliphatic hydroxyl groups is 1. The summed E-state index contributed by atoms with van der Waals surface area (Å²) >= 11 is 6.06. The van der Waals surface area contributed by atoms with Gasteiger partial charge in [0.05, 0.1) is 6.10 Å². The fraction of sp³-hybridized carbons (Fsp3) is 0.294. The molecule has 106 valence electrons. The van der Waals surface area contributed by atoms with Crippen LogP contribution >= 0.6 is 11.6 Å². The van der Waals surface area contributed by atoms with Crippen LogP contribution in [0.15, 0.2) is 48.5 Å². The molecule has 0 aromatic heterocycles. The van der Waals surface area contributed by atoms with Crippen LogP contribution in [0.4, 0.5) is 0 Å². The number of hydrogen-bond acceptors (Lipinski definition) is 2. The van der Waals surface area contributed by atoms with E-state index in [1.807, 2.05) is 18.2 Å².